The first-order chi connectivity index (χ1) is 15.9. The largest absolute Gasteiger partial charge is 0.493 e. The Balaban J connectivity index is 1.32. The van der Waals surface area contributed by atoms with E-state index in [1.165, 1.54) is 7.11 Å². The Hall–Kier alpha value is -2.37. The molecule has 1 aromatic carbocycles. The number of amides is 2. The first kappa shape index (κ1) is 23.8. The molecule has 0 aromatic heterocycles. The molecule has 3 aliphatic rings. The Morgan fingerprint density at radius 2 is 1.76 bits per heavy atom. The van der Waals surface area contributed by atoms with Gasteiger partial charge in [0.15, 0.2) is 27.9 Å². The minimum atomic E-state index is -2.92. The topological polar surface area (TPSA) is 106 Å². The SMILES string of the molecule is COc1cc(C(=O)N2CCN([C@@H]3CCS(=O)(=O)C3)CC2)ccc1OCC(=O)N1CCOCC1. The summed E-state index contributed by atoms with van der Waals surface area (Å²) in [6, 6.07) is 5.02. The van der Waals surface area contributed by atoms with Gasteiger partial charge >= 0.3 is 0 Å². The van der Waals surface area contributed by atoms with Crippen LogP contribution in [0.5, 0.6) is 11.5 Å². The molecule has 0 unspecified atom stereocenters. The molecule has 0 saturated carbocycles. The first-order valence-corrected chi connectivity index (χ1v) is 13.1. The van der Waals surface area contributed by atoms with Crippen LogP contribution in [0.4, 0.5) is 0 Å². The molecule has 3 fully saturated rings. The Morgan fingerprint density at radius 1 is 1.03 bits per heavy atom. The van der Waals surface area contributed by atoms with Crippen LogP contribution in [0, 0.1) is 0 Å². The molecule has 3 aliphatic heterocycles. The van der Waals surface area contributed by atoms with Gasteiger partial charge in [-0.2, -0.15) is 0 Å². The number of carbonyl (C=O) groups is 2. The second-order valence-electron chi connectivity index (χ2n) is 8.53. The zero-order valence-electron chi connectivity index (χ0n) is 18.9. The van der Waals surface area contributed by atoms with E-state index < -0.39 is 9.84 Å². The summed E-state index contributed by atoms with van der Waals surface area (Å²) < 4.78 is 39.8. The van der Waals surface area contributed by atoms with Crippen LogP contribution in [-0.4, -0.2) is 119 Å². The number of carbonyl (C=O) groups excluding carboxylic acids is 2. The zero-order chi connectivity index (χ0) is 23.4. The van der Waals surface area contributed by atoms with Crippen molar-refractivity contribution in [2.45, 2.75) is 12.5 Å². The molecule has 10 nitrogen and oxygen atoms in total. The summed E-state index contributed by atoms with van der Waals surface area (Å²) in [5.74, 6) is 1.04. The van der Waals surface area contributed by atoms with E-state index in [4.69, 9.17) is 14.2 Å². The molecule has 1 aromatic rings. The predicted molar refractivity (Wildman–Crippen MR) is 120 cm³/mol. The number of sulfone groups is 1. The number of methoxy groups -OCH3 is 1. The molecular weight excluding hydrogens is 450 g/mol. The summed E-state index contributed by atoms with van der Waals surface area (Å²) in [6.45, 7) is 4.46. The summed E-state index contributed by atoms with van der Waals surface area (Å²) in [4.78, 5) is 31.0. The monoisotopic (exact) mass is 481 g/mol. The van der Waals surface area contributed by atoms with E-state index >= 15 is 0 Å². The summed E-state index contributed by atoms with van der Waals surface area (Å²) in [5, 5.41) is 0. The van der Waals surface area contributed by atoms with Gasteiger partial charge in [0.1, 0.15) is 0 Å². The zero-order valence-corrected chi connectivity index (χ0v) is 19.7. The molecule has 182 valence electrons. The minimum Gasteiger partial charge on any atom is -0.493 e. The van der Waals surface area contributed by atoms with Gasteiger partial charge in [0.25, 0.3) is 11.8 Å². The van der Waals surface area contributed by atoms with Crippen LogP contribution < -0.4 is 9.47 Å². The lowest BCUT2D eigenvalue weighted by atomic mass is 10.1. The molecule has 0 radical (unpaired) electrons. The van der Waals surface area contributed by atoms with Crippen molar-refractivity contribution < 1.29 is 32.2 Å². The average Bonchev–Trinajstić information content (AvgIpc) is 3.22. The number of ether oxygens (including phenoxy) is 3. The van der Waals surface area contributed by atoms with Crippen molar-refractivity contribution in [1.82, 2.24) is 14.7 Å². The number of piperazine rings is 1. The predicted octanol–water partition coefficient (Wildman–Crippen LogP) is -0.122. The van der Waals surface area contributed by atoms with Crippen LogP contribution in [0.15, 0.2) is 18.2 Å². The maximum atomic E-state index is 13.0. The van der Waals surface area contributed by atoms with Gasteiger partial charge in [-0.3, -0.25) is 14.5 Å². The van der Waals surface area contributed by atoms with Crippen molar-refractivity contribution in [3.8, 4) is 11.5 Å². The van der Waals surface area contributed by atoms with E-state index in [1.807, 2.05) is 0 Å². The number of hydrogen-bond donors (Lipinski definition) is 0. The normalized spacial score (nSPS) is 23.4. The van der Waals surface area contributed by atoms with E-state index in [9.17, 15) is 18.0 Å². The van der Waals surface area contributed by atoms with Gasteiger partial charge in [0.05, 0.1) is 31.8 Å². The molecule has 0 bridgehead atoms. The smallest absolute Gasteiger partial charge is 0.260 e. The van der Waals surface area contributed by atoms with Crippen molar-refractivity contribution in [1.29, 1.82) is 0 Å². The quantitative estimate of drug-likeness (QED) is 0.554. The number of benzene rings is 1. The Bertz CT molecular complexity index is 970. The fraction of sp³-hybridized carbons (Fsp3) is 0.636. The standard InChI is InChI=1S/C22H31N3O7S/c1-30-20-14-17(2-3-19(20)32-15-21(26)24-9-11-31-12-10-24)22(27)25-7-5-23(6-8-25)18-4-13-33(28,29)16-18/h2-3,14,18H,4-13,15-16H2,1H3/t18-/m1/s1. The van der Waals surface area contributed by atoms with Crippen LogP contribution in [0.2, 0.25) is 0 Å². The van der Waals surface area contributed by atoms with Crippen LogP contribution in [0.25, 0.3) is 0 Å². The minimum absolute atomic E-state index is 0.0592. The van der Waals surface area contributed by atoms with Crippen molar-refractivity contribution in [3.05, 3.63) is 23.8 Å². The van der Waals surface area contributed by atoms with Gasteiger partial charge < -0.3 is 24.0 Å². The maximum Gasteiger partial charge on any atom is 0.260 e. The summed E-state index contributed by atoms with van der Waals surface area (Å²) in [7, 11) is -1.43. The highest BCUT2D eigenvalue weighted by molar-refractivity contribution is 7.91. The van der Waals surface area contributed by atoms with Gasteiger partial charge in [-0.1, -0.05) is 0 Å². The molecule has 1 atom stereocenters. The molecule has 4 rings (SSSR count). The fourth-order valence-electron chi connectivity index (χ4n) is 4.50. The highest BCUT2D eigenvalue weighted by atomic mass is 32.2. The number of nitrogens with zero attached hydrogens (tertiary/aromatic N) is 3. The van der Waals surface area contributed by atoms with Crippen molar-refractivity contribution in [2.75, 3.05) is 77.7 Å². The molecular formula is C22H31N3O7S. The maximum absolute atomic E-state index is 13.0. The lowest BCUT2D eigenvalue weighted by molar-refractivity contribution is -0.137. The summed E-state index contributed by atoms with van der Waals surface area (Å²) in [6.07, 6.45) is 0.670. The summed E-state index contributed by atoms with van der Waals surface area (Å²) in [5.41, 5.74) is 0.482. The van der Waals surface area contributed by atoms with Gasteiger partial charge in [0, 0.05) is 50.9 Å². The average molecular weight is 482 g/mol. The second-order valence-corrected chi connectivity index (χ2v) is 10.8. The van der Waals surface area contributed by atoms with Gasteiger partial charge in [-0.05, 0) is 24.6 Å². The second kappa shape index (κ2) is 10.3. The highest BCUT2D eigenvalue weighted by Crippen LogP contribution is 2.29. The molecule has 0 N–H and O–H groups in total. The van der Waals surface area contributed by atoms with E-state index in [0.717, 1.165) is 0 Å². The Kier molecular flexibility index (Phi) is 7.40. The van der Waals surface area contributed by atoms with Crippen LogP contribution in [0.1, 0.15) is 16.8 Å². The third-order valence-corrected chi connectivity index (χ3v) is 8.20. The molecule has 2 amide bonds. The first-order valence-electron chi connectivity index (χ1n) is 11.3. The Morgan fingerprint density at radius 3 is 2.39 bits per heavy atom. The Labute approximate surface area is 194 Å². The summed E-state index contributed by atoms with van der Waals surface area (Å²) >= 11 is 0. The number of morpholine rings is 1. The third kappa shape index (κ3) is 5.77. The van der Waals surface area contributed by atoms with Gasteiger partial charge in [0.2, 0.25) is 0 Å². The van der Waals surface area contributed by atoms with E-state index in [0.29, 0.717) is 76.0 Å². The van der Waals surface area contributed by atoms with Gasteiger partial charge in [-0.15, -0.1) is 0 Å². The third-order valence-electron chi connectivity index (χ3n) is 6.45. The molecule has 3 saturated heterocycles. The van der Waals surface area contributed by atoms with Crippen LogP contribution >= 0.6 is 0 Å². The van der Waals surface area contributed by atoms with Crippen molar-refractivity contribution in [2.24, 2.45) is 0 Å². The highest BCUT2D eigenvalue weighted by Gasteiger charge is 2.34. The molecule has 0 spiro atoms. The molecule has 3 heterocycles. The van der Waals surface area contributed by atoms with Crippen molar-refractivity contribution in [3.63, 3.8) is 0 Å². The van der Waals surface area contributed by atoms with E-state index in [-0.39, 0.29) is 36.0 Å². The van der Waals surface area contributed by atoms with E-state index in [2.05, 4.69) is 4.90 Å². The van der Waals surface area contributed by atoms with E-state index in [1.54, 1.807) is 28.0 Å². The molecule has 33 heavy (non-hydrogen) atoms. The fourth-order valence-corrected chi connectivity index (χ4v) is 6.26. The van der Waals surface area contributed by atoms with Crippen LogP contribution in [0.3, 0.4) is 0 Å². The van der Waals surface area contributed by atoms with Gasteiger partial charge in [-0.25, -0.2) is 8.42 Å². The van der Waals surface area contributed by atoms with Crippen molar-refractivity contribution >= 4 is 21.7 Å². The lowest BCUT2D eigenvalue weighted by Gasteiger charge is -2.37. The molecule has 11 heteroatoms. The molecule has 0 aliphatic carbocycles. The lowest BCUT2D eigenvalue weighted by Crippen LogP contribution is -2.52. The van der Waals surface area contributed by atoms with Crippen LogP contribution in [-0.2, 0) is 19.4 Å². The number of hydrogen-bond acceptors (Lipinski definition) is 8. The number of rotatable bonds is 6.